The Balaban J connectivity index is 2.01. The molecule has 0 radical (unpaired) electrons. The summed E-state index contributed by atoms with van der Waals surface area (Å²) < 4.78 is 5.18. The van der Waals surface area contributed by atoms with Crippen LogP contribution in [0.3, 0.4) is 0 Å². The fourth-order valence-corrected chi connectivity index (χ4v) is 1.53. The topological polar surface area (TPSA) is 51.0 Å². The monoisotopic (exact) mass is 211 g/mol. The first-order valence-electron chi connectivity index (χ1n) is 4.96. The van der Waals surface area contributed by atoms with Crippen LogP contribution in [0.4, 0.5) is 11.6 Å². The van der Waals surface area contributed by atoms with Crippen LogP contribution < -0.4 is 5.32 Å². The molecule has 0 spiro atoms. The molecule has 0 unspecified atom stereocenters. The lowest BCUT2D eigenvalue weighted by molar-refractivity contribution is 0.460. The molecule has 0 saturated carbocycles. The number of nitrogens with one attached hydrogen (secondary N) is 1. The van der Waals surface area contributed by atoms with Gasteiger partial charge in [-0.25, -0.2) is 4.98 Å². The molecule has 78 valence electrons. The second kappa shape index (κ2) is 3.66. The van der Waals surface area contributed by atoms with Gasteiger partial charge in [-0.05, 0) is 24.3 Å². The van der Waals surface area contributed by atoms with Crippen LogP contribution in [0.25, 0.3) is 11.0 Å². The molecular formula is C12H9N3O. The molecule has 0 amide bonds. The number of para-hydroxylation sites is 1. The highest BCUT2D eigenvalue weighted by atomic mass is 16.5. The van der Waals surface area contributed by atoms with Gasteiger partial charge in [0.15, 0.2) is 11.4 Å². The molecule has 4 nitrogen and oxygen atoms in total. The van der Waals surface area contributed by atoms with Crippen LogP contribution in [0.2, 0.25) is 0 Å². The van der Waals surface area contributed by atoms with Crippen molar-refractivity contribution >= 4 is 22.6 Å². The van der Waals surface area contributed by atoms with Gasteiger partial charge < -0.3 is 9.84 Å². The Morgan fingerprint density at radius 3 is 2.75 bits per heavy atom. The molecule has 0 aliphatic carbocycles. The quantitative estimate of drug-likeness (QED) is 0.708. The number of aromatic nitrogens is 2. The van der Waals surface area contributed by atoms with Crippen molar-refractivity contribution in [1.82, 2.24) is 10.1 Å². The third-order valence-electron chi connectivity index (χ3n) is 2.29. The van der Waals surface area contributed by atoms with E-state index in [4.69, 9.17) is 4.52 Å². The Bertz CT molecular complexity index is 604. The predicted octanol–water partition coefficient (Wildman–Crippen LogP) is 2.97. The number of hydrogen-bond donors (Lipinski definition) is 1. The van der Waals surface area contributed by atoms with Gasteiger partial charge in [-0.2, -0.15) is 0 Å². The van der Waals surface area contributed by atoms with Crippen molar-refractivity contribution in [3.8, 4) is 0 Å². The van der Waals surface area contributed by atoms with Crippen molar-refractivity contribution in [3.05, 3.63) is 48.7 Å². The van der Waals surface area contributed by atoms with Crippen molar-refractivity contribution < 1.29 is 4.52 Å². The van der Waals surface area contributed by atoms with Gasteiger partial charge in [0.2, 0.25) is 0 Å². The second-order valence-corrected chi connectivity index (χ2v) is 3.37. The molecule has 3 rings (SSSR count). The number of anilines is 2. The van der Waals surface area contributed by atoms with Crippen LogP contribution in [0, 0.1) is 0 Å². The van der Waals surface area contributed by atoms with Crippen LogP contribution >= 0.6 is 0 Å². The number of fused-ring (bicyclic) bond motifs is 1. The van der Waals surface area contributed by atoms with Crippen molar-refractivity contribution in [2.45, 2.75) is 0 Å². The minimum absolute atomic E-state index is 0.689. The van der Waals surface area contributed by atoms with Crippen molar-refractivity contribution in [3.63, 3.8) is 0 Å². The van der Waals surface area contributed by atoms with E-state index in [9.17, 15) is 0 Å². The van der Waals surface area contributed by atoms with Gasteiger partial charge in [0, 0.05) is 6.20 Å². The van der Waals surface area contributed by atoms with Crippen LogP contribution in [0.15, 0.2) is 53.2 Å². The molecule has 1 aromatic carbocycles. The first-order chi connectivity index (χ1) is 7.93. The molecule has 2 aromatic heterocycles. The molecular weight excluding hydrogens is 202 g/mol. The maximum atomic E-state index is 5.18. The third-order valence-corrected chi connectivity index (χ3v) is 2.29. The molecule has 0 aliphatic heterocycles. The molecule has 0 atom stereocenters. The lowest BCUT2D eigenvalue weighted by Gasteiger charge is -1.99. The Morgan fingerprint density at radius 2 is 1.88 bits per heavy atom. The number of hydrogen-bond acceptors (Lipinski definition) is 4. The molecule has 4 heteroatoms. The summed E-state index contributed by atoms with van der Waals surface area (Å²) in [7, 11) is 0. The molecule has 16 heavy (non-hydrogen) atoms. The highest BCUT2D eigenvalue weighted by molar-refractivity contribution is 5.89. The highest BCUT2D eigenvalue weighted by Gasteiger charge is 2.06. The zero-order valence-electron chi connectivity index (χ0n) is 8.42. The lowest BCUT2D eigenvalue weighted by Crippen LogP contribution is -1.92. The average molecular weight is 211 g/mol. The number of pyridine rings is 1. The van der Waals surface area contributed by atoms with E-state index in [0.717, 1.165) is 16.8 Å². The van der Waals surface area contributed by atoms with Gasteiger partial charge in [-0.15, -0.1) is 0 Å². The van der Waals surface area contributed by atoms with E-state index in [-0.39, 0.29) is 0 Å². The zero-order valence-corrected chi connectivity index (χ0v) is 8.42. The fraction of sp³-hybridized carbons (Fsp3) is 0. The maximum absolute atomic E-state index is 5.18. The zero-order chi connectivity index (χ0) is 10.8. The van der Waals surface area contributed by atoms with Gasteiger partial charge in [-0.1, -0.05) is 23.4 Å². The minimum Gasteiger partial charge on any atom is -0.354 e. The molecule has 3 aromatic rings. The van der Waals surface area contributed by atoms with Gasteiger partial charge in [0.1, 0.15) is 5.82 Å². The van der Waals surface area contributed by atoms with Crippen molar-refractivity contribution in [1.29, 1.82) is 0 Å². The van der Waals surface area contributed by atoms with Gasteiger partial charge in [0.25, 0.3) is 0 Å². The van der Waals surface area contributed by atoms with Crippen LogP contribution in [-0.2, 0) is 0 Å². The highest BCUT2D eigenvalue weighted by Crippen LogP contribution is 2.24. The summed E-state index contributed by atoms with van der Waals surface area (Å²) in [5.74, 6) is 1.44. The van der Waals surface area contributed by atoms with Crippen LogP contribution in [0.1, 0.15) is 0 Å². The Labute approximate surface area is 91.9 Å². The Kier molecular flexibility index (Phi) is 2.04. The first kappa shape index (κ1) is 8.91. The van der Waals surface area contributed by atoms with E-state index in [1.165, 1.54) is 0 Å². The van der Waals surface area contributed by atoms with Crippen LogP contribution in [0.5, 0.6) is 0 Å². The van der Waals surface area contributed by atoms with Crippen molar-refractivity contribution in [2.75, 3.05) is 5.32 Å². The fourth-order valence-electron chi connectivity index (χ4n) is 1.53. The van der Waals surface area contributed by atoms with E-state index in [2.05, 4.69) is 15.5 Å². The largest absolute Gasteiger partial charge is 0.354 e. The summed E-state index contributed by atoms with van der Waals surface area (Å²) >= 11 is 0. The number of benzene rings is 1. The standard InChI is InChI=1S/C12H9N3O/c1-2-6-10-9(5-1)12(15-16-10)14-11-7-3-4-8-13-11/h1-8H,(H,13,14,15). The van der Waals surface area contributed by atoms with Gasteiger partial charge in [-0.3, -0.25) is 0 Å². The first-order valence-corrected chi connectivity index (χ1v) is 4.96. The molecule has 0 aliphatic rings. The molecule has 2 heterocycles. The van der Waals surface area contributed by atoms with Gasteiger partial charge >= 0.3 is 0 Å². The van der Waals surface area contributed by atoms with E-state index in [1.54, 1.807) is 6.20 Å². The van der Waals surface area contributed by atoms with Crippen LogP contribution in [-0.4, -0.2) is 10.1 Å². The third kappa shape index (κ3) is 1.50. The molecule has 0 fully saturated rings. The maximum Gasteiger partial charge on any atom is 0.182 e. The van der Waals surface area contributed by atoms with Crippen molar-refractivity contribution in [2.24, 2.45) is 0 Å². The summed E-state index contributed by atoms with van der Waals surface area (Å²) in [5.41, 5.74) is 0.765. The molecule has 1 N–H and O–H groups in total. The summed E-state index contributed by atoms with van der Waals surface area (Å²) in [6.07, 6.45) is 1.73. The average Bonchev–Trinajstić information content (AvgIpc) is 2.74. The van der Waals surface area contributed by atoms with E-state index < -0.39 is 0 Å². The molecule has 0 saturated heterocycles. The van der Waals surface area contributed by atoms with Gasteiger partial charge in [0.05, 0.1) is 5.39 Å². The second-order valence-electron chi connectivity index (χ2n) is 3.37. The lowest BCUT2D eigenvalue weighted by atomic mass is 10.2. The summed E-state index contributed by atoms with van der Waals surface area (Å²) in [6.45, 7) is 0. The minimum atomic E-state index is 0.689. The van der Waals surface area contributed by atoms with E-state index in [0.29, 0.717) is 5.82 Å². The Morgan fingerprint density at radius 1 is 1.00 bits per heavy atom. The van der Waals surface area contributed by atoms with E-state index >= 15 is 0 Å². The smallest absolute Gasteiger partial charge is 0.182 e. The normalized spacial score (nSPS) is 10.5. The summed E-state index contributed by atoms with van der Waals surface area (Å²) in [4.78, 5) is 4.17. The Hall–Kier alpha value is -2.36. The van der Waals surface area contributed by atoms with E-state index in [1.807, 2.05) is 42.5 Å². The number of nitrogens with zero attached hydrogens (tertiary/aromatic N) is 2. The summed E-state index contributed by atoms with van der Waals surface area (Å²) in [5, 5.41) is 8.03. The SMILES string of the molecule is c1ccc(Nc2noc3ccccc23)nc1. The number of rotatable bonds is 2. The molecule has 0 bridgehead atoms. The summed E-state index contributed by atoms with van der Waals surface area (Å²) in [6, 6.07) is 13.4. The predicted molar refractivity (Wildman–Crippen MR) is 61.5 cm³/mol.